The van der Waals surface area contributed by atoms with Gasteiger partial charge in [0.1, 0.15) is 5.69 Å². The summed E-state index contributed by atoms with van der Waals surface area (Å²) < 4.78 is 50.7. The van der Waals surface area contributed by atoms with Gasteiger partial charge in [-0.2, -0.15) is 13.2 Å². The van der Waals surface area contributed by atoms with Crippen molar-refractivity contribution in [1.82, 2.24) is 14.7 Å². The van der Waals surface area contributed by atoms with Crippen molar-refractivity contribution >= 4 is 11.6 Å². The smallest absolute Gasteiger partial charge is 0.435 e. The molecule has 0 aliphatic heterocycles. The second-order valence-electron chi connectivity index (χ2n) is 4.91. The number of imidazole rings is 1. The van der Waals surface area contributed by atoms with E-state index in [4.69, 9.17) is 9.47 Å². The van der Waals surface area contributed by atoms with E-state index >= 15 is 0 Å². The number of alkyl halides is 3. The molecule has 0 fully saturated rings. The Hall–Kier alpha value is -2.29. The number of hydrogen-bond acceptors (Lipinski definition) is 4. The largest absolute Gasteiger partial charge is 0.493 e. The van der Waals surface area contributed by atoms with Crippen LogP contribution in [0.3, 0.4) is 0 Å². The number of carbonyl (C=O) groups excluding carboxylic acids is 1. The number of fused-ring (bicyclic) bond motifs is 1. The molecule has 2 rings (SSSR count). The fraction of sp³-hybridized carbons (Fsp3) is 0.429. The van der Waals surface area contributed by atoms with Crippen molar-refractivity contribution in [3.63, 3.8) is 0 Å². The number of rotatable bonds is 5. The molecule has 9 heteroatoms. The van der Waals surface area contributed by atoms with Crippen molar-refractivity contribution in [2.75, 3.05) is 20.8 Å². The lowest BCUT2D eigenvalue weighted by Crippen LogP contribution is -2.37. The lowest BCUT2D eigenvalue weighted by atomic mass is 10.2. The number of nitrogens with one attached hydrogen (secondary N) is 1. The van der Waals surface area contributed by atoms with Crippen molar-refractivity contribution in [3.05, 3.63) is 29.7 Å². The molecule has 0 bridgehead atoms. The molecule has 126 valence electrons. The van der Waals surface area contributed by atoms with Crippen molar-refractivity contribution in [1.29, 1.82) is 0 Å². The molecule has 1 atom stereocenters. The lowest BCUT2D eigenvalue weighted by molar-refractivity contribution is -0.141. The normalized spacial score (nSPS) is 13.1. The molecule has 2 aromatic rings. The first-order valence-electron chi connectivity index (χ1n) is 6.71. The van der Waals surface area contributed by atoms with Crippen molar-refractivity contribution < 1.29 is 27.4 Å². The van der Waals surface area contributed by atoms with Crippen molar-refractivity contribution in [2.45, 2.75) is 19.1 Å². The number of amides is 1. The van der Waals surface area contributed by atoms with Gasteiger partial charge in [0, 0.05) is 19.3 Å². The van der Waals surface area contributed by atoms with E-state index in [1.165, 1.54) is 32.5 Å². The van der Waals surface area contributed by atoms with Crippen LogP contribution in [0, 0.1) is 0 Å². The van der Waals surface area contributed by atoms with Crippen LogP contribution in [0.25, 0.3) is 5.65 Å². The third-order valence-electron chi connectivity index (χ3n) is 3.11. The molecule has 1 unspecified atom stereocenters. The Morgan fingerprint density at radius 1 is 1.43 bits per heavy atom. The van der Waals surface area contributed by atoms with Gasteiger partial charge in [0.05, 0.1) is 13.7 Å². The zero-order valence-corrected chi connectivity index (χ0v) is 12.8. The van der Waals surface area contributed by atoms with E-state index in [-0.39, 0.29) is 18.0 Å². The Labute approximate surface area is 130 Å². The standard InChI is InChI=1S/C14H16F3N3O3/c1-8(7-22-2)18-13(21)10-11(14(15,16)17)19-12-9(23-3)5-4-6-20(10)12/h4-6,8H,7H2,1-3H3,(H,18,21). The first-order chi connectivity index (χ1) is 10.8. The van der Waals surface area contributed by atoms with Crippen LogP contribution in [-0.4, -0.2) is 42.2 Å². The third-order valence-corrected chi connectivity index (χ3v) is 3.11. The summed E-state index contributed by atoms with van der Waals surface area (Å²) in [5.41, 5.74) is -1.93. The van der Waals surface area contributed by atoms with Gasteiger partial charge < -0.3 is 14.8 Å². The van der Waals surface area contributed by atoms with Crippen LogP contribution in [0.1, 0.15) is 23.1 Å². The van der Waals surface area contributed by atoms with Gasteiger partial charge in [-0.25, -0.2) is 4.98 Å². The third kappa shape index (κ3) is 3.39. The maximum atomic E-state index is 13.2. The van der Waals surface area contributed by atoms with Crippen LogP contribution in [-0.2, 0) is 10.9 Å². The van der Waals surface area contributed by atoms with E-state index in [1.54, 1.807) is 6.92 Å². The molecule has 0 aliphatic rings. The van der Waals surface area contributed by atoms with Crippen molar-refractivity contribution in [3.8, 4) is 5.75 Å². The summed E-state index contributed by atoms with van der Waals surface area (Å²) in [6, 6.07) is 2.49. The van der Waals surface area contributed by atoms with Gasteiger partial charge in [0.2, 0.25) is 0 Å². The van der Waals surface area contributed by atoms with E-state index in [1.807, 2.05) is 0 Å². The summed E-state index contributed by atoms with van der Waals surface area (Å²) in [5, 5.41) is 2.46. The number of aromatic nitrogens is 2. The molecule has 0 radical (unpaired) electrons. The highest BCUT2D eigenvalue weighted by molar-refractivity contribution is 5.95. The average molecular weight is 331 g/mol. The van der Waals surface area contributed by atoms with Gasteiger partial charge in [0.25, 0.3) is 5.91 Å². The Kier molecular flexibility index (Phi) is 4.79. The second-order valence-corrected chi connectivity index (χ2v) is 4.91. The van der Waals surface area contributed by atoms with E-state index in [2.05, 4.69) is 10.3 Å². The minimum atomic E-state index is -4.77. The Morgan fingerprint density at radius 3 is 2.70 bits per heavy atom. The molecular weight excluding hydrogens is 315 g/mol. The fourth-order valence-electron chi connectivity index (χ4n) is 2.20. The molecule has 0 saturated heterocycles. The monoisotopic (exact) mass is 331 g/mol. The van der Waals surface area contributed by atoms with Gasteiger partial charge in [-0.1, -0.05) is 0 Å². The van der Waals surface area contributed by atoms with Gasteiger partial charge in [-0.05, 0) is 19.1 Å². The number of carbonyl (C=O) groups is 1. The summed E-state index contributed by atoms with van der Waals surface area (Å²) in [6.07, 6.45) is -3.44. The molecule has 0 spiro atoms. The van der Waals surface area contributed by atoms with E-state index in [9.17, 15) is 18.0 Å². The quantitative estimate of drug-likeness (QED) is 0.911. The minimum absolute atomic E-state index is 0.0770. The van der Waals surface area contributed by atoms with Crippen LogP contribution < -0.4 is 10.1 Å². The van der Waals surface area contributed by atoms with E-state index in [0.29, 0.717) is 0 Å². The number of halogens is 3. The Bertz CT molecular complexity index is 712. The summed E-state index contributed by atoms with van der Waals surface area (Å²) in [5.74, 6) is -0.746. The Balaban J connectivity index is 2.58. The molecule has 0 aromatic carbocycles. The molecular formula is C14H16F3N3O3. The number of methoxy groups -OCH3 is 2. The first kappa shape index (κ1) is 17.1. The van der Waals surface area contributed by atoms with Gasteiger partial charge >= 0.3 is 6.18 Å². The zero-order valence-electron chi connectivity index (χ0n) is 12.8. The summed E-state index contributed by atoms with van der Waals surface area (Å²) in [6.45, 7) is 1.80. The predicted molar refractivity (Wildman–Crippen MR) is 75.6 cm³/mol. The molecule has 2 heterocycles. The van der Waals surface area contributed by atoms with Crippen LogP contribution in [0.15, 0.2) is 18.3 Å². The molecule has 0 saturated carbocycles. The van der Waals surface area contributed by atoms with E-state index in [0.717, 1.165) is 4.40 Å². The number of pyridine rings is 1. The van der Waals surface area contributed by atoms with E-state index < -0.39 is 29.5 Å². The predicted octanol–water partition coefficient (Wildman–Crippen LogP) is 2.13. The van der Waals surface area contributed by atoms with Gasteiger partial charge in [-0.3, -0.25) is 9.20 Å². The van der Waals surface area contributed by atoms with Gasteiger partial charge in [-0.15, -0.1) is 0 Å². The van der Waals surface area contributed by atoms with Crippen LogP contribution >= 0.6 is 0 Å². The van der Waals surface area contributed by atoms with Crippen molar-refractivity contribution in [2.24, 2.45) is 0 Å². The molecule has 0 aliphatic carbocycles. The Morgan fingerprint density at radius 2 is 2.13 bits per heavy atom. The molecule has 2 aromatic heterocycles. The number of ether oxygens (including phenoxy) is 2. The highest BCUT2D eigenvalue weighted by Crippen LogP contribution is 2.33. The van der Waals surface area contributed by atoms with Crippen LogP contribution in [0.4, 0.5) is 13.2 Å². The maximum Gasteiger partial charge on any atom is 0.435 e. The SMILES string of the molecule is COCC(C)NC(=O)c1c(C(F)(F)F)nc2c(OC)cccn12. The summed E-state index contributed by atoms with van der Waals surface area (Å²) >= 11 is 0. The molecule has 23 heavy (non-hydrogen) atoms. The summed E-state index contributed by atoms with van der Waals surface area (Å²) in [4.78, 5) is 15.9. The molecule has 1 amide bonds. The number of nitrogens with zero attached hydrogens (tertiary/aromatic N) is 2. The highest BCUT2D eigenvalue weighted by atomic mass is 19.4. The first-order valence-corrected chi connectivity index (χ1v) is 6.71. The van der Waals surface area contributed by atoms with Crippen LogP contribution in [0.2, 0.25) is 0 Å². The fourth-order valence-corrected chi connectivity index (χ4v) is 2.20. The second kappa shape index (κ2) is 6.45. The topological polar surface area (TPSA) is 64.9 Å². The average Bonchev–Trinajstić information content (AvgIpc) is 2.86. The lowest BCUT2D eigenvalue weighted by Gasteiger charge is -2.14. The van der Waals surface area contributed by atoms with Crippen LogP contribution in [0.5, 0.6) is 5.75 Å². The molecule has 6 nitrogen and oxygen atoms in total. The number of hydrogen-bond donors (Lipinski definition) is 1. The summed E-state index contributed by atoms with van der Waals surface area (Å²) in [7, 11) is 2.75. The highest BCUT2D eigenvalue weighted by Gasteiger charge is 2.40. The maximum absolute atomic E-state index is 13.2. The van der Waals surface area contributed by atoms with Gasteiger partial charge in [0.15, 0.2) is 17.1 Å². The molecule has 1 N–H and O–H groups in total. The minimum Gasteiger partial charge on any atom is -0.493 e. The zero-order chi connectivity index (χ0) is 17.2.